The summed E-state index contributed by atoms with van der Waals surface area (Å²) in [4.78, 5) is 23.8. The van der Waals surface area contributed by atoms with Crippen LogP contribution in [0.4, 0.5) is 19.4 Å². The number of carbonyl (C=O) groups excluding carboxylic acids is 1. The third-order valence-electron chi connectivity index (χ3n) is 5.63. The Morgan fingerprint density at radius 2 is 1.94 bits per heavy atom. The number of amides is 1. The van der Waals surface area contributed by atoms with E-state index in [-0.39, 0.29) is 31.2 Å². The first-order chi connectivity index (χ1) is 14.4. The zero-order valence-electron chi connectivity index (χ0n) is 17.9. The van der Waals surface area contributed by atoms with E-state index in [0.717, 1.165) is 4.90 Å². The van der Waals surface area contributed by atoms with Gasteiger partial charge in [0.15, 0.2) is 5.82 Å². The number of alkyl halides is 2. The van der Waals surface area contributed by atoms with Crippen molar-refractivity contribution in [2.75, 3.05) is 31.1 Å². The van der Waals surface area contributed by atoms with Crippen molar-refractivity contribution in [3.05, 3.63) is 23.6 Å². The molecule has 0 bridgehead atoms. The molecule has 2 saturated heterocycles. The minimum absolute atomic E-state index is 0.127. The molecule has 0 unspecified atom stereocenters. The van der Waals surface area contributed by atoms with Crippen LogP contribution in [0.15, 0.2) is 18.5 Å². The van der Waals surface area contributed by atoms with Crippen LogP contribution in [0.5, 0.6) is 0 Å². The van der Waals surface area contributed by atoms with Gasteiger partial charge < -0.3 is 14.5 Å². The molecule has 31 heavy (non-hydrogen) atoms. The highest BCUT2D eigenvalue weighted by Gasteiger charge is 2.63. The van der Waals surface area contributed by atoms with Crippen LogP contribution < -0.4 is 4.90 Å². The van der Waals surface area contributed by atoms with Crippen molar-refractivity contribution in [1.82, 2.24) is 24.6 Å². The van der Waals surface area contributed by atoms with Gasteiger partial charge in [-0.15, -0.1) is 0 Å². The topological polar surface area (TPSA) is 76.4 Å². The molecule has 0 atom stereocenters. The van der Waals surface area contributed by atoms with Gasteiger partial charge in [0.25, 0.3) is 5.92 Å². The number of halogens is 3. The smallest absolute Gasteiger partial charge is 0.410 e. The minimum atomic E-state index is -3.04. The molecule has 2 aliphatic heterocycles. The van der Waals surface area contributed by atoms with Gasteiger partial charge in [0.2, 0.25) is 0 Å². The third-order valence-corrected chi connectivity index (χ3v) is 5.83. The van der Waals surface area contributed by atoms with E-state index < -0.39 is 29.6 Å². The Bertz CT molecular complexity index is 1000. The van der Waals surface area contributed by atoms with Gasteiger partial charge in [-0.2, -0.15) is 5.10 Å². The molecule has 11 heteroatoms. The summed E-state index contributed by atoms with van der Waals surface area (Å²) in [6, 6.07) is 1.57. The van der Waals surface area contributed by atoms with E-state index >= 15 is 8.78 Å². The lowest BCUT2D eigenvalue weighted by atomic mass is 9.69. The highest BCUT2D eigenvalue weighted by molar-refractivity contribution is 6.29. The maximum Gasteiger partial charge on any atom is 0.410 e. The lowest BCUT2D eigenvalue weighted by molar-refractivity contribution is -0.176. The Morgan fingerprint density at radius 1 is 1.23 bits per heavy atom. The van der Waals surface area contributed by atoms with E-state index in [1.165, 1.54) is 0 Å². The second-order valence-electron chi connectivity index (χ2n) is 9.27. The number of hydrogen-bond donors (Lipinski definition) is 0. The molecule has 8 nitrogen and oxygen atoms in total. The van der Waals surface area contributed by atoms with E-state index in [1.807, 2.05) is 0 Å². The highest BCUT2D eigenvalue weighted by atomic mass is 35.5. The maximum absolute atomic E-state index is 15.1. The first-order valence-corrected chi connectivity index (χ1v) is 10.4. The van der Waals surface area contributed by atoms with Crippen LogP contribution in [-0.2, 0) is 11.8 Å². The van der Waals surface area contributed by atoms with Gasteiger partial charge in [-0.25, -0.2) is 23.5 Å². The molecule has 1 spiro atoms. The Balaban J connectivity index is 1.47. The molecule has 1 amide bonds. The summed E-state index contributed by atoms with van der Waals surface area (Å²) in [5.74, 6) is -2.15. The zero-order valence-corrected chi connectivity index (χ0v) is 18.7. The summed E-state index contributed by atoms with van der Waals surface area (Å²) >= 11 is 6.16. The summed E-state index contributed by atoms with van der Waals surface area (Å²) in [5.41, 5.74) is -1.25. The Morgan fingerprint density at radius 3 is 2.52 bits per heavy atom. The molecule has 0 aliphatic carbocycles. The number of nitrogens with zero attached hydrogens (tertiary/aromatic N) is 6. The molecule has 0 aromatic carbocycles. The molecule has 0 radical (unpaired) electrons. The van der Waals surface area contributed by atoms with Gasteiger partial charge in [-0.3, -0.25) is 4.68 Å². The second kappa shape index (κ2) is 7.29. The van der Waals surface area contributed by atoms with Crippen LogP contribution in [-0.4, -0.2) is 68.4 Å². The molecule has 2 aromatic heterocycles. The largest absolute Gasteiger partial charge is 0.444 e. The Kier molecular flexibility index (Phi) is 5.11. The number of likely N-dealkylation sites (tertiary alicyclic amines) is 1. The fourth-order valence-corrected chi connectivity index (χ4v) is 4.15. The molecule has 2 aliphatic rings. The van der Waals surface area contributed by atoms with Crippen LogP contribution in [0, 0.1) is 5.41 Å². The standard InChI is InChI=1S/C20H25ClF2N6O2/c1-18(2,3)31-17(30)28-6-5-19(20(22,23)12-28)10-29(11-19)15-7-14(21)25-16(26-15)13-8-24-27(4)9-13/h7-9H,5-6,10-12H2,1-4H3. The second-order valence-corrected chi connectivity index (χ2v) is 9.66. The number of hydrogen-bond acceptors (Lipinski definition) is 6. The van der Waals surface area contributed by atoms with E-state index in [0.29, 0.717) is 17.2 Å². The highest BCUT2D eigenvalue weighted by Crippen LogP contribution is 2.51. The van der Waals surface area contributed by atoms with Gasteiger partial charge >= 0.3 is 6.09 Å². The summed E-state index contributed by atoms with van der Waals surface area (Å²) in [6.45, 7) is 4.97. The van der Waals surface area contributed by atoms with Crippen LogP contribution in [0.3, 0.4) is 0 Å². The summed E-state index contributed by atoms with van der Waals surface area (Å²) in [7, 11) is 1.78. The van der Waals surface area contributed by atoms with Crippen LogP contribution in [0.25, 0.3) is 11.4 Å². The van der Waals surface area contributed by atoms with Crippen LogP contribution in [0.2, 0.25) is 5.15 Å². The maximum atomic E-state index is 15.1. The van der Waals surface area contributed by atoms with Crippen molar-refractivity contribution < 1.29 is 18.3 Å². The number of aromatic nitrogens is 4. The first kappa shape index (κ1) is 21.7. The van der Waals surface area contributed by atoms with E-state index in [9.17, 15) is 4.79 Å². The van der Waals surface area contributed by atoms with Crippen molar-refractivity contribution in [2.24, 2.45) is 12.5 Å². The number of rotatable bonds is 2. The lowest BCUT2D eigenvalue weighted by Crippen LogP contribution is -2.71. The van der Waals surface area contributed by atoms with Crippen molar-refractivity contribution in [3.63, 3.8) is 0 Å². The minimum Gasteiger partial charge on any atom is -0.444 e. The van der Waals surface area contributed by atoms with E-state index in [2.05, 4.69) is 15.1 Å². The Labute approximate surface area is 184 Å². The van der Waals surface area contributed by atoms with Gasteiger partial charge in [0.1, 0.15) is 16.6 Å². The number of carbonyl (C=O) groups is 1. The molecule has 0 saturated carbocycles. The van der Waals surface area contributed by atoms with Crippen molar-refractivity contribution in [3.8, 4) is 11.4 Å². The fourth-order valence-electron chi connectivity index (χ4n) is 3.97. The summed E-state index contributed by atoms with van der Waals surface area (Å²) in [5, 5.41) is 4.33. The molecule has 0 N–H and O–H groups in total. The SMILES string of the molecule is Cn1cc(-c2nc(Cl)cc(N3CC4(CCN(C(=O)OC(C)(C)C)CC4(F)F)C3)n2)cn1. The van der Waals surface area contributed by atoms with E-state index in [1.54, 1.807) is 55.9 Å². The molecule has 168 valence electrons. The Hall–Kier alpha value is -2.49. The number of anilines is 1. The zero-order chi connectivity index (χ0) is 22.6. The molecule has 2 aromatic rings. The first-order valence-electron chi connectivity index (χ1n) is 10.0. The number of aryl methyl sites for hydroxylation is 1. The fraction of sp³-hybridized carbons (Fsp3) is 0.600. The molecule has 4 rings (SSSR count). The summed E-state index contributed by atoms with van der Waals surface area (Å²) < 4.78 is 37.1. The van der Waals surface area contributed by atoms with E-state index in [4.69, 9.17) is 16.3 Å². The van der Waals surface area contributed by atoms with Gasteiger partial charge in [-0.05, 0) is 27.2 Å². The predicted octanol–water partition coefficient (Wildman–Crippen LogP) is 3.61. The number of piperidine rings is 1. The summed E-state index contributed by atoms with van der Waals surface area (Å²) in [6.07, 6.45) is 2.85. The molecular weight excluding hydrogens is 430 g/mol. The normalized spacial score (nSPS) is 20.0. The average Bonchev–Trinajstić information content (AvgIpc) is 3.03. The molecule has 4 heterocycles. The third kappa shape index (κ3) is 4.17. The van der Waals surface area contributed by atoms with Crippen molar-refractivity contribution in [1.29, 1.82) is 0 Å². The van der Waals surface area contributed by atoms with Crippen molar-refractivity contribution in [2.45, 2.75) is 38.7 Å². The van der Waals surface area contributed by atoms with Crippen LogP contribution in [0.1, 0.15) is 27.2 Å². The van der Waals surface area contributed by atoms with Gasteiger partial charge in [0.05, 0.1) is 23.7 Å². The lowest BCUT2D eigenvalue weighted by Gasteiger charge is -2.57. The van der Waals surface area contributed by atoms with Crippen molar-refractivity contribution >= 4 is 23.5 Å². The van der Waals surface area contributed by atoms with Gasteiger partial charge in [-0.1, -0.05) is 11.6 Å². The predicted molar refractivity (Wildman–Crippen MR) is 111 cm³/mol. The molecular formula is C20H25ClF2N6O2. The quantitative estimate of drug-likeness (QED) is 0.645. The monoisotopic (exact) mass is 454 g/mol. The number of ether oxygens (including phenoxy) is 1. The van der Waals surface area contributed by atoms with Crippen LogP contribution >= 0.6 is 11.6 Å². The molecule has 2 fully saturated rings. The average molecular weight is 455 g/mol. The van der Waals surface area contributed by atoms with Gasteiger partial charge in [0, 0.05) is 38.9 Å².